The Labute approximate surface area is 218 Å². The summed E-state index contributed by atoms with van der Waals surface area (Å²) in [6.07, 6.45) is -0.0682. The number of carbonyl (C=O) groups excluding carboxylic acids is 3. The highest BCUT2D eigenvalue weighted by atomic mass is 18.2. The quantitative estimate of drug-likeness (QED) is 0.211. The lowest BCUT2D eigenvalue weighted by Crippen LogP contribution is -2.48. The number of alkyl halides is 1. The molecule has 0 bridgehead atoms. The molecule has 11 heteroatoms. The van der Waals surface area contributed by atoms with Gasteiger partial charge in [-0.1, -0.05) is 0 Å². The summed E-state index contributed by atoms with van der Waals surface area (Å²) in [5.41, 5.74) is -2.34. The van der Waals surface area contributed by atoms with Gasteiger partial charge in [0.2, 0.25) is 6.20 Å². The Bertz CT molecular complexity index is 932. The molecule has 1 amide bonds. The predicted molar refractivity (Wildman–Crippen MR) is 134 cm³/mol. The Kier molecular flexibility index (Phi) is 11.1. The number of nitrogens with one attached hydrogen (secondary N) is 1. The molecule has 0 aromatic carbocycles. The summed E-state index contributed by atoms with van der Waals surface area (Å²) in [6, 6.07) is 1.66. The normalized spacial score (nSPS) is 13.8. The summed E-state index contributed by atoms with van der Waals surface area (Å²) in [6.45, 7) is 14.2. The van der Waals surface area contributed by atoms with E-state index in [9.17, 15) is 24.0 Å². The number of carbonyl (C=O) groups is 3. The molecule has 0 aliphatic heterocycles. The van der Waals surface area contributed by atoms with Crippen molar-refractivity contribution in [2.75, 3.05) is 13.3 Å². The maximum absolute atomic E-state index is 13.1. The second-order valence-electron chi connectivity index (χ2n) is 11.6. The number of nitrogens with zero attached hydrogens (tertiary/aromatic N) is 1. The van der Waals surface area contributed by atoms with Gasteiger partial charge in [-0.25, -0.2) is 14.0 Å². The Morgan fingerprint density at radius 3 is 1.95 bits per heavy atom. The molecule has 0 aliphatic carbocycles. The fourth-order valence-corrected chi connectivity index (χ4v) is 3.11. The lowest BCUT2D eigenvalue weighted by atomic mass is 9.94. The first kappa shape index (κ1) is 31.9. The van der Waals surface area contributed by atoms with Gasteiger partial charge >= 0.3 is 18.0 Å². The van der Waals surface area contributed by atoms with Gasteiger partial charge in [-0.3, -0.25) is 4.79 Å². The SMILES string of the molecule is CC(C)(C)OC(=O)N[C@@H](CC(Cc1ccc(OCC[18F])c[n+]1[O-])C(=O)OC(C)(C)C)C(=O)OC(C)(C)C. The van der Waals surface area contributed by atoms with Crippen LogP contribution in [-0.2, 0) is 30.2 Å². The van der Waals surface area contributed by atoms with Crippen LogP contribution in [0, 0.1) is 11.1 Å². The number of esters is 2. The Balaban J connectivity index is 3.30. The summed E-state index contributed by atoms with van der Waals surface area (Å²) in [7, 11) is 0. The van der Waals surface area contributed by atoms with Crippen LogP contribution in [0.4, 0.5) is 9.18 Å². The van der Waals surface area contributed by atoms with Crippen molar-refractivity contribution in [2.24, 2.45) is 5.92 Å². The maximum atomic E-state index is 13.1. The van der Waals surface area contributed by atoms with Crippen LogP contribution >= 0.6 is 0 Å². The van der Waals surface area contributed by atoms with E-state index in [-0.39, 0.29) is 30.9 Å². The van der Waals surface area contributed by atoms with Crippen LogP contribution in [0.15, 0.2) is 18.3 Å². The third-order valence-electron chi connectivity index (χ3n) is 4.41. The van der Waals surface area contributed by atoms with Gasteiger partial charge in [0.15, 0.2) is 11.4 Å². The molecule has 1 aromatic rings. The van der Waals surface area contributed by atoms with Crippen molar-refractivity contribution in [3.8, 4) is 5.75 Å². The molecule has 1 unspecified atom stereocenters. The molecule has 0 spiro atoms. The van der Waals surface area contributed by atoms with Crippen LogP contribution in [0.2, 0.25) is 0 Å². The van der Waals surface area contributed by atoms with Crippen molar-refractivity contribution in [1.82, 2.24) is 5.32 Å². The van der Waals surface area contributed by atoms with E-state index in [1.165, 1.54) is 12.1 Å². The number of rotatable bonds is 10. The monoisotopic (exact) mass is 527 g/mol. The van der Waals surface area contributed by atoms with Crippen LogP contribution in [0.3, 0.4) is 0 Å². The molecule has 0 saturated carbocycles. The van der Waals surface area contributed by atoms with E-state index >= 15 is 0 Å². The van der Waals surface area contributed by atoms with Crippen LogP contribution in [0.5, 0.6) is 5.75 Å². The predicted octanol–water partition coefficient (Wildman–Crippen LogP) is 3.79. The van der Waals surface area contributed by atoms with Gasteiger partial charge < -0.3 is 29.5 Å². The van der Waals surface area contributed by atoms with Crippen LogP contribution in [0.1, 0.15) is 74.4 Å². The Hall–Kier alpha value is -3.11. The first-order chi connectivity index (χ1) is 16.8. The third kappa shape index (κ3) is 13.1. The van der Waals surface area contributed by atoms with E-state index in [4.69, 9.17) is 18.9 Å². The molecule has 1 aromatic heterocycles. The number of alkyl carbamates (subject to hydrolysis) is 1. The summed E-state index contributed by atoms with van der Waals surface area (Å²) in [4.78, 5) is 38.7. The van der Waals surface area contributed by atoms with Crippen LogP contribution in [0.25, 0.3) is 0 Å². The van der Waals surface area contributed by atoms with Gasteiger partial charge in [-0.15, -0.1) is 0 Å². The van der Waals surface area contributed by atoms with Crippen molar-refractivity contribution >= 4 is 18.0 Å². The van der Waals surface area contributed by atoms with E-state index in [1.54, 1.807) is 62.3 Å². The molecule has 0 saturated heterocycles. The minimum absolute atomic E-state index is 0.114. The molecule has 0 aliphatic rings. The van der Waals surface area contributed by atoms with Gasteiger partial charge in [-0.05, 0) is 74.8 Å². The van der Waals surface area contributed by atoms with Crippen LogP contribution in [-0.4, -0.2) is 54.2 Å². The van der Waals surface area contributed by atoms with E-state index in [0.29, 0.717) is 4.73 Å². The number of hydrogen-bond acceptors (Lipinski definition) is 8. The molecule has 210 valence electrons. The molecular weight excluding hydrogens is 486 g/mol. The average molecular weight is 528 g/mol. The van der Waals surface area contributed by atoms with E-state index in [0.717, 1.165) is 6.20 Å². The molecule has 2 atom stereocenters. The highest BCUT2D eigenvalue weighted by Crippen LogP contribution is 2.22. The maximum Gasteiger partial charge on any atom is 0.408 e. The van der Waals surface area contributed by atoms with Crippen molar-refractivity contribution in [1.29, 1.82) is 0 Å². The smallest absolute Gasteiger partial charge is 0.408 e. The van der Waals surface area contributed by atoms with E-state index < -0.39 is 53.5 Å². The number of halogens is 1. The minimum atomic E-state index is -1.26. The number of hydrogen-bond donors (Lipinski definition) is 1. The van der Waals surface area contributed by atoms with Gasteiger partial charge in [-0.2, -0.15) is 4.73 Å². The zero-order valence-corrected chi connectivity index (χ0v) is 23.3. The second kappa shape index (κ2) is 12.9. The van der Waals surface area contributed by atoms with Crippen molar-refractivity contribution < 1.29 is 42.5 Å². The standard InChI is InChI=1S/C26H41FN2O8/c1-24(2,3)35-21(30)17(14-18-10-11-19(16-29(18)33)34-13-12-27)15-20(22(31)36-25(4,5)6)28-23(32)37-26(7,8)9/h10-11,16-17,20H,12-15H2,1-9H3,(H,28,32)/t17?,20-/m0/s1/i27-1. The second-order valence-corrected chi connectivity index (χ2v) is 11.6. The third-order valence-corrected chi connectivity index (χ3v) is 4.41. The molecule has 0 radical (unpaired) electrons. The molecule has 0 fully saturated rings. The topological polar surface area (TPSA) is 127 Å². The lowest BCUT2D eigenvalue weighted by Gasteiger charge is -2.29. The molecule has 10 nitrogen and oxygen atoms in total. The zero-order chi connectivity index (χ0) is 28.6. The highest BCUT2D eigenvalue weighted by molar-refractivity contribution is 5.83. The minimum Gasteiger partial charge on any atom is -0.618 e. The summed E-state index contributed by atoms with van der Waals surface area (Å²) >= 11 is 0. The number of aromatic nitrogens is 1. The van der Waals surface area contributed by atoms with Gasteiger partial charge in [0.1, 0.15) is 36.1 Å². The molecule has 1 N–H and O–H groups in total. The van der Waals surface area contributed by atoms with Crippen molar-refractivity contribution in [3.63, 3.8) is 0 Å². The number of pyridine rings is 1. The Morgan fingerprint density at radius 2 is 1.46 bits per heavy atom. The summed E-state index contributed by atoms with van der Waals surface area (Å²) in [5, 5.41) is 15.1. The highest BCUT2D eigenvalue weighted by Gasteiger charge is 2.36. The lowest BCUT2D eigenvalue weighted by molar-refractivity contribution is -0.614. The average Bonchev–Trinajstić information content (AvgIpc) is 2.68. The summed E-state index contributed by atoms with van der Waals surface area (Å²) < 4.78 is 34.3. The first-order valence-electron chi connectivity index (χ1n) is 12.2. The van der Waals surface area contributed by atoms with Gasteiger partial charge in [0.05, 0.1) is 5.92 Å². The molecule has 37 heavy (non-hydrogen) atoms. The molecule has 1 heterocycles. The molecule has 1 rings (SSSR count). The largest absolute Gasteiger partial charge is 0.618 e. The first-order valence-corrected chi connectivity index (χ1v) is 12.2. The zero-order valence-electron chi connectivity index (χ0n) is 23.3. The summed E-state index contributed by atoms with van der Waals surface area (Å²) in [5.74, 6) is -2.27. The van der Waals surface area contributed by atoms with Crippen molar-refractivity contribution in [3.05, 3.63) is 29.2 Å². The van der Waals surface area contributed by atoms with E-state index in [1.807, 2.05) is 0 Å². The van der Waals surface area contributed by atoms with Gasteiger partial charge in [0, 0.05) is 12.5 Å². The fraction of sp³-hybridized carbons (Fsp3) is 0.692. The van der Waals surface area contributed by atoms with E-state index in [2.05, 4.69) is 5.32 Å². The van der Waals surface area contributed by atoms with Crippen LogP contribution < -0.4 is 14.8 Å². The fourth-order valence-electron chi connectivity index (χ4n) is 3.11. The number of amides is 1. The Morgan fingerprint density at radius 1 is 0.919 bits per heavy atom. The van der Waals surface area contributed by atoms with Crippen molar-refractivity contribution in [2.45, 2.75) is 98.0 Å². The molecular formula is C26H41FN2O8. The number of ether oxygens (including phenoxy) is 4. The van der Waals surface area contributed by atoms with Gasteiger partial charge in [0.25, 0.3) is 0 Å².